The van der Waals surface area contributed by atoms with Gasteiger partial charge >= 0.3 is 7.60 Å². The van der Waals surface area contributed by atoms with E-state index in [1.165, 1.54) is 11.2 Å². The number of nitrogens with zero attached hydrogens (tertiary/aromatic N) is 4. The molecule has 0 amide bonds. The van der Waals surface area contributed by atoms with Crippen LogP contribution in [0.4, 0.5) is 5.95 Å². The first-order valence-corrected chi connectivity index (χ1v) is 8.70. The number of aliphatic hydroxyl groups excluding tert-OH is 1. The number of imidazole rings is 1. The van der Waals surface area contributed by atoms with Gasteiger partial charge < -0.3 is 25.2 Å². The van der Waals surface area contributed by atoms with Crippen molar-refractivity contribution in [3.8, 4) is 0 Å². The van der Waals surface area contributed by atoms with Gasteiger partial charge in [-0.3, -0.25) is 19.2 Å². The zero-order valence-corrected chi connectivity index (χ0v) is 12.9. The minimum Gasteiger partial charge on any atom is -0.395 e. The molecular formula is C11H17N6O5P. The van der Waals surface area contributed by atoms with Gasteiger partial charge in [-0.15, -0.1) is 0 Å². The number of rotatable bonds is 4. The largest absolute Gasteiger partial charge is 0.395 e. The molecule has 126 valence electrons. The molecule has 6 N–H and O–H groups in total. The number of aliphatic hydroxyl groups is 1. The lowest BCUT2D eigenvalue weighted by Crippen LogP contribution is -2.33. The van der Waals surface area contributed by atoms with E-state index in [0.29, 0.717) is 18.6 Å². The molecule has 0 saturated carbocycles. The lowest BCUT2D eigenvalue weighted by atomic mass is 10.2. The highest BCUT2D eigenvalue weighted by molar-refractivity contribution is 7.51. The number of likely N-dealkylation sites (tertiary alicyclic amines) is 1. The number of nitrogen functional groups attached to an aromatic ring is 1. The van der Waals surface area contributed by atoms with Crippen LogP contribution in [-0.4, -0.2) is 64.8 Å². The second-order valence-electron chi connectivity index (χ2n) is 5.58. The number of anilines is 1. The Morgan fingerprint density at radius 1 is 1.48 bits per heavy atom. The standard InChI is InChI=1S/C11H17N6O5P/c12-11-14-9-8(10(19)15-11)13-4-17(9)6-1-7(3-18)16(2-6)5-23(20,21)22/h4,6-7,18H,1-3,5H2,(H2,20,21,22)(H3,12,14,15,19)/t6-,7-/m0/s1. The predicted octanol–water partition coefficient (Wildman–Crippen LogP) is -1.56. The molecule has 2 atom stereocenters. The molecule has 1 aliphatic rings. The van der Waals surface area contributed by atoms with Crippen molar-refractivity contribution in [1.29, 1.82) is 0 Å². The Labute approximate surface area is 129 Å². The van der Waals surface area contributed by atoms with E-state index in [1.54, 1.807) is 4.57 Å². The first-order chi connectivity index (χ1) is 10.8. The van der Waals surface area contributed by atoms with Gasteiger partial charge in [0.25, 0.3) is 5.56 Å². The highest BCUT2D eigenvalue weighted by Gasteiger charge is 2.36. The first kappa shape index (κ1) is 16.1. The van der Waals surface area contributed by atoms with E-state index >= 15 is 0 Å². The molecule has 1 fully saturated rings. The average molecular weight is 344 g/mol. The molecular weight excluding hydrogens is 327 g/mol. The van der Waals surface area contributed by atoms with Crippen molar-refractivity contribution in [3.05, 3.63) is 16.7 Å². The van der Waals surface area contributed by atoms with E-state index in [4.69, 9.17) is 15.5 Å². The number of hydrogen-bond donors (Lipinski definition) is 5. The number of H-pyrrole nitrogens is 1. The third-order valence-corrected chi connectivity index (χ3v) is 4.66. The third kappa shape index (κ3) is 3.14. The minimum atomic E-state index is -4.23. The third-order valence-electron chi connectivity index (χ3n) is 3.93. The molecule has 12 heteroatoms. The van der Waals surface area contributed by atoms with E-state index in [2.05, 4.69) is 15.0 Å². The maximum Gasteiger partial charge on any atom is 0.339 e. The zero-order valence-electron chi connectivity index (χ0n) is 12.0. The smallest absolute Gasteiger partial charge is 0.339 e. The summed E-state index contributed by atoms with van der Waals surface area (Å²) in [4.78, 5) is 42.1. The Hall–Kier alpha value is -1.78. The Balaban J connectivity index is 1.94. The number of hydrogen-bond acceptors (Lipinski definition) is 7. The number of nitrogens with two attached hydrogens (primary N) is 1. The van der Waals surface area contributed by atoms with E-state index in [-0.39, 0.29) is 30.2 Å². The molecule has 0 bridgehead atoms. The molecule has 1 aliphatic heterocycles. The van der Waals surface area contributed by atoms with Crippen molar-refractivity contribution in [2.24, 2.45) is 0 Å². The summed E-state index contributed by atoms with van der Waals surface area (Å²) in [5.74, 6) is -0.0342. The van der Waals surface area contributed by atoms with Crippen LogP contribution in [0.1, 0.15) is 12.5 Å². The molecule has 11 nitrogen and oxygen atoms in total. The van der Waals surface area contributed by atoms with Crippen LogP contribution in [0.25, 0.3) is 11.2 Å². The Morgan fingerprint density at radius 2 is 2.22 bits per heavy atom. The number of aromatic nitrogens is 4. The highest BCUT2D eigenvalue weighted by atomic mass is 31.2. The molecule has 3 rings (SSSR count). The minimum absolute atomic E-state index is 0.0342. The van der Waals surface area contributed by atoms with Gasteiger partial charge in [-0.1, -0.05) is 0 Å². The maximum atomic E-state index is 11.8. The van der Waals surface area contributed by atoms with Gasteiger partial charge in [-0.05, 0) is 6.42 Å². The molecule has 3 heterocycles. The molecule has 1 saturated heterocycles. The summed E-state index contributed by atoms with van der Waals surface area (Å²) >= 11 is 0. The number of nitrogens with one attached hydrogen (secondary N) is 1. The van der Waals surface area contributed by atoms with E-state index in [1.807, 2.05) is 0 Å². The van der Waals surface area contributed by atoms with Crippen molar-refractivity contribution in [2.75, 3.05) is 25.2 Å². The van der Waals surface area contributed by atoms with Crippen LogP contribution >= 0.6 is 7.60 Å². The fraction of sp³-hybridized carbons (Fsp3) is 0.545. The lowest BCUT2D eigenvalue weighted by molar-refractivity contribution is 0.168. The lowest BCUT2D eigenvalue weighted by Gasteiger charge is -2.22. The van der Waals surface area contributed by atoms with Crippen LogP contribution < -0.4 is 11.3 Å². The molecule has 0 aliphatic carbocycles. The van der Waals surface area contributed by atoms with E-state index in [9.17, 15) is 14.5 Å². The molecule has 2 aromatic rings. The summed E-state index contributed by atoms with van der Waals surface area (Å²) in [6.07, 6.45) is 1.47. The monoisotopic (exact) mass is 344 g/mol. The van der Waals surface area contributed by atoms with Gasteiger partial charge in [-0.2, -0.15) is 4.98 Å². The average Bonchev–Trinajstić information content (AvgIpc) is 3.00. The Kier molecular flexibility index (Phi) is 3.98. The highest BCUT2D eigenvalue weighted by Crippen LogP contribution is 2.39. The summed E-state index contributed by atoms with van der Waals surface area (Å²) in [7, 11) is -4.23. The predicted molar refractivity (Wildman–Crippen MR) is 80.7 cm³/mol. The second-order valence-corrected chi connectivity index (χ2v) is 7.19. The molecule has 0 aromatic carbocycles. The van der Waals surface area contributed by atoms with Gasteiger partial charge in [0.15, 0.2) is 11.2 Å². The SMILES string of the molecule is Nc1nc2c(ncn2[C@H]2C[C@@H](CO)N(CP(=O)(O)O)C2)c(=O)[nH]1. The van der Waals surface area contributed by atoms with Crippen molar-refractivity contribution in [2.45, 2.75) is 18.5 Å². The van der Waals surface area contributed by atoms with Gasteiger partial charge in [-0.25, -0.2) is 4.98 Å². The topological polar surface area (TPSA) is 171 Å². The van der Waals surface area contributed by atoms with Crippen LogP contribution in [0, 0.1) is 0 Å². The van der Waals surface area contributed by atoms with Gasteiger partial charge in [0.2, 0.25) is 5.95 Å². The van der Waals surface area contributed by atoms with Gasteiger partial charge in [0.05, 0.1) is 19.0 Å². The van der Waals surface area contributed by atoms with Crippen molar-refractivity contribution in [1.82, 2.24) is 24.4 Å². The fourth-order valence-electron chi connectivity index (χ4n) is 2.97. The molecule has 23 heavy (non-hydrogen) atoms. The van der Waals surface area contributed by atoms with Crippen LogP contribution in [0.2, 0.25) is 0 Å². The van der Waals surface area contributed by atoms with Crippen LogP contribution in [0.3, 0.4) is 0 Å². The summed E-state index contributed by atoms with van der Waals surface area (Å²) < 4.78 is 12.9. The molecule has 2 aromatic heterocycles. The summed E-state index contributed by atoms with van der Waals surface area (Å²) in [5, 5.41) is 9.44. The van der Waals surface area contributed by atoms with Crippen LogP contribution in [0.5, 0.6) is 0 Å². The first-order valence-electron chi connectivity index (χ1n) is 6.90. The fourth-order valence-corrected chi connectivity index (χ4v) is 3.79. The van der Waals surface area contributed by atoms with Gasteiger partial charge in [0, 0.05) is 12.6 Å². The van der Waals surface area contributed by atoms with E-state index < -0.39 is 19.4 Å². The number of aromatic amines is 1. The van der Waals surface area contributed by atoms with Crippen LogP contribution in [0.15, 0.2) is 11.1 Å². The summed E-state index contributed by atoms with van der Waals surface area (Å²) in [6.45, 7) is 0.0788. The van der Waals surface area contributed by atoms with Crippen LogP contribution in [-0.2, 0) is 4.57 Å². The number of fused-ring (bicyclic) bond motifs is 1. The van der Waals surface area contributed by atoms with Crippen molar-refractivity contribution in [3.63, 3.8) is 0 Å². The quantitative estimate of drug-likeness (QED) is 0.412. The van der Waals surface area contributed by atoms with Gasteiger partial charge in [0.1, 0.15) is 6.29 Å². The zero-order chi connectivity index (χ0) is 16.8. The van der Waals surface area contributed by atoms with Crippen molar-refractivity contribution >= 4 is 24.7 Å². The summed E-state index contributed by atoms with van der Waals surface area (Å²) in [5.41, 5.74) is 5.56. The maximum absolute atomic E-state index is 11.8. The van der Waals surface area contributed by atoms with E-state index in [0.717, 1.165) is 0 Å². The second kappa shape index (κ2) is 5.69. The molecule has 0 unspecified atom stereocenters. The Bertz CT molecular complexity index is 828. The molecule has 0 radical (unpaired) electrons. The normalized spacial score (nSPS) is 22.9. The van der Waals surface area contributed by atoms with Crippen molar-refractivity contribution < 1.29 is 19.5 Å². The Morgan fingerprint density at radius 3 is 2.87 bits per heavy atom. The summed E-state index contributed by atoms with van der Waals surface area (Å²) in [6, 6.07) is -0.609. The molecule has 0 spiro atoms.